The minimum atomic E-state index is 0.292. The van der Waals surface area contributed by atoms with Crippen molar-refractivity contribution in [3.63, 3.8) is 0 Å². The molecule has 3 heteroatoms. The van der Waals surface area contributed by atoms with E-state index < -0.39 is 0 Å². The van der Waals surface area contributed by atoms with Crippen LogP contribution in [0.2, 0.25) is 0 Å². The van der Waals surface area contributed by atoms with Crippen LogP contribution >= 0.6 is 15.9 Å². The molecule has 0 atom stereocenters. The molecule has 0 aliphatic heterocycles. The Kier molecular flexibility index (Phi) is 3.61. The van der Waals surface area contributed by atoms with Gasteiger partial charge in [0.25, 0.3) is 0 Å². The summed E-state index contributed by atoms with van der Waals surface area (Å²) >= 11 is 3.33. The number of nitrogens with one attached hydrogen (secondary N) is 1. The van der Waals surface area contributed by atoms with Crippen molar-refractivity contribution in [3.8, 4) is 5.75 Å². The molecule has 0 radical (unpaired) electrons. The third-order valence-electron chi connectivity index (χ3n) is 3.33. The lowest BCUT2D eigenvalue weighted by molar-refractivity contribution is 0.465. The van der Waals surface area contributed by atoms with E-state index in [1.165, 1.54) is 10.8 Å². The molecule has 0 aliphatic carbocycles. The van der Waals surface area contributed by atoms with Crippen LogP contribution in [0.25, 0.3) is 10.8 Å². The van der Waals surface area contributed by atoms with Crippen molar-refractivity contribution in [2.75, 3.05) is 5.32 Å². The van der Waals surface area contributed by atoms with Crippen LogP contribution in [0.3, 0.4) is 0 Å². The fraction of sp³-hybridized carbons (Fsp3) is 0.0588. The minimum Gasteiger partial charge on any atom is -0.506 e. The molecule has 0 spiro atoms. The highest BCUT2D eigenvalue weighted by molar-refractivity contribution is 9.10. The first-order valence-electron chi connectivity index (χ1n) is 6.44. The third kappa shape index (κ3) is 2.49. The van der Waals surface area contributed by atoms with Crippen LogP contribution in [-0.4, -0.2) is 5.11 Å². The Hall–Kier alpha value is -2.00. The summed E-state index contributed by atoms with van der Waals surface area (Å²) in [5.74, 6) is 0.292. The highest BCUT2D eigenvalue weighted by Crippen LogP contribution is 2.29. The molecule has 0 aliphatic rings. The van der Waals surface area contributed by atoms with Crippen molar-refractivity contribution in [1.82, 2.24) is 0 Å². The van der Waals surface area contributed by atoms with Crippen LogP contribution in [0.1, 0.15) is 5.56 Å². The molecular weight excluding hydrogens is 314 g/mol. The number of fused-ring (bicyclic) bond motifs is 1. The van der Waals surface area contributed by atoms with Gasteiger partial charge in [-0.3, -0.25) is 0 Å². The number of phenols is 1. The maximum Gasteiger partial charge on any atom is 0.134 e. The zero-order valence-electron chi connectivity index (χ0n) is 10.8. The molecule has 0 amide bonds. The molecule has 3 aromatic rings. The van der Waals surface area contributed by atoms with E-state index in [2.05, 4.69) is 45.5 Å². The number of benzene rings is 3. The summed E-state index contributed by atoms with van der Waals surface area (Å²) in [6.07, 6.45) is 0. The van der Waals surface area contributed by atoms with Crippen LogP contribution < -0.4 is 5.32 Å². The molecule has 0 aromatic heterocycles. The van der Waals surface area contributed by atoms with E-state index in [0.717, 1.165) is 15.7 Å². The Morgan fingerprint density at radius 2 is 1.65 bits per heavy atom. The standard InChI is InChI=1S/C17H14BrNO/c18-15-9-3-7-13(17(15)20)11-19-16-10-4-6-12-5-1-2-8-14(12)16/h1-10,19-20H,11H2. The van der Waals surface area contributed by atoms with E-state index >= 15 is 0 Å². The van der Waals surface area contributed by atoms with Crippen molar-refractivity contribution in [3.05, 3.63) is 70.7 Å². The summed E-state index contributed by atoms with van der Waals surface area (Å²) in [5, 5.41) is 15.8. The Balaban J connectivity index is 1.89. The molecular formula is C17H14BrNO. The minimum absolute atomic E-state index is 0.292. The highest BCUT2D eigenvalue weighted by Gasteiger charge is 2.05. The highest BCUT2D eigenvalue weighted by atomic mass is 79.9. The molecule has 3 aromatic carbocycles. The Labute approximate surface area is 126 Å². The van der Waals surface area contributed by atoms with Crippen LogP contribution in [0.5, 0.6) is 5.75 Å². The van der Waals surface area contributed by atoms with E-state index in [4.69, 9.17) is 0 Å². The predicted molar refractivity (Wildman–Crippen MR) is 87.1 cm³/mol. The summed E-state index contributed by atoms with van der Waals surface area (Å²) in [5.41, 5.74) is 1.94. The van der Waals surface area contributed by atoms with Crippen molar-refractivity contribution in [2.24, 2.45) is 0 Å². The van der Waals surface area contributed by atoms with Crippen LogP contribution in [0.15, 0.2) is 65.1 Å². The number of phenolic OH excluding ortho intramolecular Hbond substituents is 1. The first-order chi connectivity index (χ1) is 9.75. The van der Waals surface area contributed by atoms with Crippen molar-refractivity contribution in [1.29, 1.82) is 0 Å². The third-order valence-corrected chi connectivity index (χ3v) is 3.97. The summed E-state index contributed by atoms with van der Waals surface area (Å²) in [7, 11) is 0. The number of aromatic hydroxyl groups is 1. The van der Waals surface area contributed by atoms with Gasteiger partial charge in [0.1, 0.15) is 5.75 Å². The first kappa shape index (κ1) is 13.0. The molecule has 0 saturated heterocycles. The van der Waals surface area contributed by atoms with Crippen LogP contribution in [-0.2, 0) is 6.54 Å². The van der Waals surface area contributed by atoms with Gasteiger partial charge < -0.3 is 10.4 Å². The molecule has 20 heavy (non-hydrogen) atoms. The SMILES string of the molecule is Oc1c(Br)cccc1CNc1cccc2ccccc12. The van der Waals surface area contributed by atoms with Gasteiger partial charge in [-0.1, -0.05) is 48.5 Å². The predicted octanol–water partition coefficient (Wildman–Crippen LogP) is 4.92. The lowest BCUT2D eigenvalue weighted by Gasteiger charge is -2.11. The van der Waals surface area contributed by atoms with Gasteiger partial charge in [-0.05, 0) is 33.4 Å². The van der Waals surface area contributed by atoms with E-state index in [1.807, 2.05) is 36.4 Å². The van der Waals surface area contributed by atoms with Gasteiger partial charge >= 0.3 is 0 Å². The lowest BCUT2D eigenvalue weighted by atomic mass is 10.1. The lowest BCUT2D eigenvalue weighted by Crippen LogP contribution is -2.00. The number of anilines is 1. The number of halogens is 1. The second-order valence-corrected chi connectivity index (χ2v) is 5.48. The fourth-order valence-corrected chi connectivity index (χ4v) is 2.68. The summed E-state index contributed by atoms with van der Waals surface area (Å²) < 4.78 is 0.717. The largest absolute Gasteiger partial charge is 0.506 e. The average molecular weight is 328 g/mol. The molecule has 0 saturated carbocycles. The zero-order valence-corrected chi connectivity index (χ0v) is 12.4. The Morgan fingerprint density at radius 1 is 0.900 bits per heavy atom. The van der Waals surface area contributed by atoms with Gasteiger partial charge in [0.2, 0.25) is 0 Å². The zero-order chi connectivity index (χ0) is 13.9. The van der Waals surface area contributed by atoms with Crippen molar-refractivity contribution < 1.29 is 5.11 Å². The average Bonchev–Trinajstić information content (AvgIpc) is 2.49. The van der Waals surface area contributed by atoms with Crippen molar-refractivity contribution in [2.45, 2.75) is 6.54 Å². The summed E-state index contributed by atoms with van der Waals surface area (Å²) in [4.78, 5) is 0. The topological polar surface area (TPSA) is 32.3 Å². The molecule has 2 N–H and O–H groups in total. The van der Waals surface area contributed by atoms with Crippen LogP contribution in [0, 0.1) is 0 Å². The molecule has 0 fully saturated rings. The van der Waals surface area contributed by atoms with Gasteiger partial charge in [-0.2, -0.15) is 0 Å². The number of rotatable bonds is 3. The normalized spacial score (nSPS) is 10.7. The van der Waals surface area contributed by atoms with Crippen LogP contribution in [0.4, 0.5) is 5.69 Å². The molecule has 0 heterocycles. The second-order valence-electron chi connectivity index (χ2n) is 4.63. The summed E-state index contributed by atoms with van der Waals surface area (Å²) in [6.45, 7) is 0.583. The van der Waals surface area contributed by atoms with Gasteiger partial charge in [-0.25, -0.2) is 0 Å². The van der Waals surface area contributed by atoms with E-state index in [-0.39, 0.29) is 0 Å². The molecule has 3 rings (SSSR count). The molecule has 100 valence electrons. The van der Waals surface area contributed by atoms with E-state index in [9.17, 15) is 5.11 Å². The monoisotopic (exact) mass is 327 g/mol. The number of hydrogen-bond donors (Lipinski definition) is 2. The first-order valence-corrected chi connectivity index (χ1v) is 7.23. The smallest absolute Gasteiger partial charge is 0.134 e. The molecule has 2 nitrogen and oxygen atoms in total. The summed E-state index contributed by atoms with van der Waals surface area (Å²) in [6, 6.07) is 20.1. The Bertz CT molecular complexity index is 750. The van der Waals surface area contributed by atoms with Gasteiger partial charge in [0.15, 0.2) is 0 Å². The fourth-order valence-electron chi connectivity index (χ4n) is 2.27. The second kappa shape index (κ2) is 5.55. The number of para-hydroxylation sites is 1. The van der Waals surface area contributed by atoms with Gasteiger partial charge in [0.05, 0.1) is 4.47 Å². The van der Waals surface area contributed by atoms with E-state index in [0.29, 0.717) is 12.3 Å². The maximum absolute atomic E-state index is 10.0. The van der Waals surface area contributed by atoms with Crippen molar-refractivity contribution >= 4 is 32.4 Å². The van der Waals surface area contributed by atoms with Gasteiger partial charge in [-0.15, -0.1) is 0 Å². The molecule has 0 bridgehead atoms. The maximum atomic E-state index is 10.0. The van der Waals surface area contributed by atoms with E-state index in [1.54, 1.807) is 0 Å². The molecule has 0 unspecified atom stereocenters. The number of hydrogen-bond acceptors (Lipinski definition) is 2. The van der Waals surface area contributed by atoms with Gasteiger partial charge in [0, 0.05) is 23.2 Å². The Morgan fingerprint density at radius 3 is 2.55 bits per heavy atom. The quantitative estimate of drug-likeness (QED) is 0.715.